The molecule has 0 unspecified atom stereocenters. The van der Waals surface area contributed by atoms with Crippen molar-refractivity contribution in [3.63, 3.8) is 0 Å². The molecular formula is C19H18ClN3O4. The van der Waals surface area contributed by atoms with Crippen LogP contribution in [0.4, 0.5) is 5.69 Å². The van der Waals surface area contributed by atoms with E-state index >= 15 is 0 Å². The lowest BCUT2D eigenvalue weighted by Crippen LogP contribution is -2.43. The lowest BCUT2D eigenvalue weighted by atomic mass is 10.2. The van der Waals surface area contributed by atoms with Crippen molar-refractivity contribution in [1.29, 1.82) is 0 Å². The highest BCUT2D eigenvalue weighted by Gasteiger charge is 2.22. The maximum absolute atomic E-state index is 12.2. The van der Waals surface area contributed by atoms with Crippen LogP contribution in [0.1, 0.15) is 23.2 Å². The van der Waals surface area contributed by atoms with Gasteiger partial charge in [0.2, 0.25) is 5.91 Å². The van der Waals surface area contributed by atoms with Crippen LogP contribution in [0.15, 0.2) is 48.5 Å². The van der Waals surface area contributed by atoms with Gasteiger partial charge >= 0.3 is 0 Å². The molecule has 0 bridgehead atoms. The predicted octanol–water partition coefficient (Wildman–Crippen LogP) is 2.31. The number of carbonyl (C=O) groups is 3. The Morgan fingerprint density at radius 2 is 1.93 bits per heavy atom. The zero-order valence-corrected chi connectivity index (χ0v) is 15.2. The first kappa shape index (κ1) is 18.7. The summed E-state index contributed by atoms with van der Waals surface area (Å²) in [6.07, 6.45) is 1.31. The summed E-state index contributed by atoms with van der Waals surface area (Å²) in [6, 6.07) is 13.5. The largest absolute Gasteiger partial charge is 0.482 e. The smallest absolute Gasteiger partial charge is 0.276 e. The molecule has 2 aromatic rings. The Bertz CT molecular complexity index is 872. The van der Waals surface area contributed by atoms with Gasteiger partial charge in [-0.3, -0.25) is 25.2 Å². The third-order valence-corrected chi connectivity index (χ3v) is 4.32. The van der Waals surface area contributed by atoms with Crippen molar-refractivity contribution in [3.05, 3.63) is 59.1 Å². The van der Waals surface area contributed by atoms with Gasteiger partial charge < -0.3 is 9.64 Å². The van der Waals surface area contributed by atoms with Crippen molar-refractivity contribution in [1.82, 2.24) is 10.9 Å². The first-order valence-electron chi connectivity index (χ1n) is 8.41. The summed E-state index contributed by atoms with van der Waals surface area (Å²) in [5.41, 5.74) is 5.60. The van der Waals surface area contributed by atoms with Crippen molar-refractivity contribution < 1.29 is 19.1 Å². The molecule has 0 atom stereocenters. The van der Waals surface area contributed by atoms with Crippen LogP contribution in [-0.2, 0) is 9.59 Å². The minimum Gasteiger partial charge on any atom is -0.482 e. The van der Waals surface area contributed by atoms with Crippen LogP contribution >= 0.6 is 11.6 Å². The van der Waals surface area contributed by atoms with E-state index in [4.69, 9.17) is 16.3 Å². The average Bonchev–Trinajstić information content (AvgIpc) is 3.11. The fraction of sp³-hybridized carbons (Fsp3) is 0.211. The lowest BCUT2D eigenvalue weighted by Gasteiger charge is -2.16. The van der Waals surface area contributed by atoms with E-state index in [1.807, 2.05) is 0 Å². The van der Waals surface area contributed by atoms with Gasteiger partial charge in [0.1, 0.15) is 5.75 Å². The molecule has 27 heavy (non-hydrogen) atoms. The summed E-state index contributed by atoms with van der Waals surface area (Å²) in [5.74, 6) is -0.607. The Kier molecular flexibility index (Phi) is 5.93. The Labute approximate surface area is 161 Å². The van der Waals surface area contributed by atoms with Crippen LogP contribution in [-0.4, -0.2) is 30.9 Å². The van der Waals surface area contributed by atoms with Gasteiger partial charge in [-0.15, -0.1) is 0 Å². The Hall–Kier alpha value is -3.06. The Morgan fingerprint density at radius 3 is 2.67 bits per heavy atom. The number of para-hydroxylation sites is 1. The molecular weight excluding hydrogens is 370 g/mol. The molecule has 8 heteroatoms. The number of hydrogen-bond acceptors (Lipinski definition) is 4. The molecule has 1 aliphatic heterocycles. The van der Waals surface area contributed by atoms with E-state index in [0.717, 1.165) is 6.42 Å². The molecule has 2 N–H and O–H groups in total. The fourth-order valence-electron chi connectivity index (χ4n) is 2.68. The number of carbonyl (C=O) groups excluding carboxylic acids is 3. The van der Waals surface area contributed by atoms with Crippen molar-refractivity contribution in [3.8, 4) is 5.75 Å². The van der Waals surface area contributed by atoms with E-state index in [2.05, 4.69) is 10.9 Å². The number of hydrazine groups is 1. The summed E-state index contributed by atoms with van der Waals surface area (Å²) >= 11 is 5.94. The second kappa shape index (κ2) is 8.55. The monoisotopic (exact) mass is 387 g/mol. The SMILES string of the molecule is O=C(COc1ccccc1Cl)NNC(=O)c1cccc(N2CCCC2=O)c1. The number of amides is 3. The second-order valence-corrected chi connectivity index (χ2v) is 6.33. The van der Waals surface area contributed by atoms with Crippen molar-refractivity contribution >= 4 is 35.0 Å². The van der Waals surface area contributed by atoms with Gasteiger partial charge in [-0.1, -0.05) is 29.8 Å². The molecule has 3 rings (SSSR count). The average molecular weight is 388 g/mol. The van der Waals surface area contributed by atoms with E-state index in [-0.39, 0.29) is 12.5 Å². The molecule has 7 nitrogen and oxygen atoms in total. The van der Waals surface area contributed by atoms with Gasteiger partial charge in [-0.25, -0.2) is 0 Å². The molecule has 0 aromatic heterocycles. The number of anilines is 1. The highest BCUT2D eigenvalue weighted by molar-refractivity contribution is 6.32. The van der Waals surface area contributed by atoms with Crippen molar-refractivity contribution in [2.45, 2.75) is 12.8 Å². The van der Waals surface area contributed by atoms with Crippen LogP contribution in [0.5, 0.6) is 5.75 Å². The Balaban J connectivity index is 1.52. The van der Waals surface area contributed by atoms with Crippen molar-refractivity contribution in [2.75, 3.05) is 18.1 Å². The first-order valence-corrected chi connectivity index (χ1v) is 8.79. The van der Waals surface area contributed by atoms with Gasteiger partial charge in [-0.05, 0) is 36.8 Å². The summed E-state index contributed by atoms with van der Waals surface area (Å²) in [5, 5.41) is 0.391. The molecule has 1 fully saturated rings. The van der Waals surface area contributed by atoms with E-state index < -0.39 is 11.8 Å². The molecule has 3 amide bonds. The number of halogens is 1. The standard InChI is InChI=1S/C19H18ClN3O4/c20-15-7-1-2-8-16(15)27-12-17(24)21-22-19(26)13-5-3-6-14(11-13)23-10-4-9-18(23)25/h1-3,5-8,11H,4,9-10,12H2,(H,21,24)(H,22,26). The van der Waals surface area contributed by atoms with Gasteiger partial charge in [0.25, 0.3) is 11.8 Å². The second-order valence-electron chi connectivity index (χ2n) is 5.92. The molecule has 2 aromatic carbocycles. The summed E-state index contributed by atoms with van der Waals surface area (Å²) in [6.45, 7) is 0.340. The maximum atomic E-state index is 12.2. The van der Waals surface area contributed by atoms with Gasteiger partial charge in [0.15, 0.2) is 6.61 Å². The van der Waals surface area contributed by atoms with Crippen LogP contribution < -0.4 is 20.5 Å². The van der Waals surface area contributed by atoms with Gasteiger partial charge in [0, 0.05) is 24.2 Å². The number of nitrogens with one attached hydrogen (secondary N) is 2. The number of ether oxygens (including phenoxy) is 1. The van der Waals surface area contributed by atoms with E-state index in [1.165, 1.54) is 0 Å². The maximum Gasteiger partial charge on any atom is 0.276 e. The molecule has 0 spiro atoms. The van der Waals surface area contributed by atoms with Crippen LogP contribution in [0.2, 0.25) is 5.02 Å². The number of nitrogens with zero attached hydrogens (tertiary/aromatic N) is 1. The Morgan fingerprint density at radius 1 is 1.11 bits per heavy atom. The van der Waals surface area contributed by atoms with Crippen LogP contribution in [0, 0.1) is 0 Å². The van der Waals surface area contributed by atoms with E-state index in [9.17, 15) is 14.4 Å². The quantitative estimate of drug-likeness (QED) is 0.770. The predicted molar refractivity (Wildman–Crippen MR) is 101 cm³/mol. The minimum atomic E-state index is -0.533. The topological polar surface area (TPSA) is 87.7 Å². The van der Waals surface area contributed by atoms with Crippen molar-refractivity contribution in [2.24, 2.45) is 0 Å². The first-order chi connectivity index (χ1) is 13.0. The number of hydrogen-bond donors (Lipinski definition) is 2. The van der Waals surface area contributed by atoms with Crippen LogP contribution in [0.3, 0.4) is 0 Å². The van der Waals surface area contributed by atoms with Gasteiger partial charge in [-0.2, -0.15) is 0 Å². The normalized spacial score (nSPS) is 13.4. The molecule has 0 saturated carbocycles. The third kappa shape index (κ3) is 4.77. The molecule has 1 heterocycles. The van der Waals surface area contributed by atoms with E-state index in [1.54, 1.807) is 53.4 Å². The minimum absolute atomic E-state index is 0.0394. The number of benzene rings is 2. The number of rotatable bonds is 5. The highest BCUT2D eigenvalue weighted by atomic mass is 35.5. The molecule has 1 aliphatic rings. The highest BCUT2D eigenvalue weighted by Crippen LogP contribution is 2.23. The zero-order valence-electron chi connectivity index (χ0n) is 14.4. The summed E-state index contributed by atoms with van der Waals surface area (Å²) < 4.78 is 5.30. The third-order valence-electron chi connectivity index (χ3n) is 4.00. The lowest BCUT2D eigenvalue weighted by molar-refractivity contribution is -0.123. The molecule has 0 radical (unpaired) electrons. The zero-order chi connectivity index (χ0) is 19.2. The van der Waals surface area contributed by atoms with Crippen LogP contribution in [0.25, 0.3) is 0 Å². The fourth-order valence-corrected chi connectivity index (χ4v) is 2.87. The summed E-state index contributed by atoms with van der Waals surface area (Å²) in [7, 11) is 0. The molecule has 0 aliphatic carbocycles. The van der Waals surface area contributed by atoms with Gasteiger partial charge in [0.05, 0.1) is 5.02 Å². The van der Waals surface area contributed by atoms with E-state index in [0.29, 0.717) is 35.0 Å². The molecule has 140 valence electrons. The summed E-state index contributed by atoms with van der Waals surface area (Å²) in [4.78, 5) is 37.5. The molecule has 1 saturated heterocycles.